The van der Waals surface area contributed by atoms with Gasteiger partial charge in [-0.2, -0.15) is 0 Å². The molecule has 3 N–H and O–H groups in total. The lowest BCUT2D eigenvalue weighted by Gasteiger charge is -2.28. The number of hydrogen-bond donors (Lipinski definition) is 3. The first-order valence-corrected chi connectivity index (χ1v) is 10.00. The fourth-order valence-corrected chi connectivity index (χ4v) is 3.42. The number of aliphatic carboxylic acids is 1. The van der Waals surface area contributed by atoms with E-state index in [-0.39, 0.29) is 0 Å². The number of amides is 3. The Morgan fingerprint density at radius 3 is 2.58 bits per heavy atom. The molecule has 1 aromatic carbocycles. The van der Waals surface area contributed by atoms with E-state index >= 15 is 0 Å². The molecule has 1 aliphatic rings. The smallest absolute Gasteiger partial charge is 0.305 e. The summed E-state index contributed by atoms with van der Waals surface area (Å²) in [6.07, 6.45) is 0.800. The molecule has 1 aromatic rings. The third-order valence-corrected chi connectivity index (χ3v) is 5.07. The van der Waals surface area contributed by atoms with Crippen LogP contribution >= 0.6 is 0 Å². The molecule has 0 aliphatic carbocycles. The molecule has 1 aliphatic heterocycles. The van der Waals surface area contributed by atoms with Crippen LogP contribution in [0.3, 0.4) is 0 Å². The zero-order valence-electron chi connectivity index (χ0n) is 17.8. The monoisotopic (exact) mass is 432 g/mol. The van der Waals surface area contributed by atoms with Crippen LogP contribution in [0.25, 0.3) is 0 Å². The Morgan fingerprint density at radius 1 is 1.26 bits per heavy atom. The van der Waals surface area contributed by atoms with Gasteiger partial charge in [0, 0.05) is 31.9 Å². The van der Waals surface area contributed by atoms with Gasteiger partial charge in [0.1, 0.15) is 18.4 Å². The highest BCUT2D eigenvalue weighted by Gasteiger charge is 2.37. The minimum atomic E-state index is -1.22. The van der Waals surface area contributed by atoms with E-state index in [9.17, 15) is 24.0 Å². The highest BCUT2D eigenvalue weighted by Crippen LogP contribution is 2.19. The molecule has 0 radical (unpaired) electrons. The standard InChI is InChI=1S/C21H28N4O6/c1-13(22-19(29)14-6-4-7-16(10-14)24(2)3)21(31)25-9-5-8-17(25)20(30)23-15(12-26)11-18(27)28/h4,6-7,10,12-13,15,17H,5,8-9,11H2,1-3H3,(H,22,29)(H,23,30)(H,27,28)/t13?,15-,17?/m0/s1. The van der Waals surface area contributed by atoms with Crippen molar-refractivity contribution in [2.24, 2.45) is 0 Å². The van der Waals surface area contributed by atoms with Crippen molar-refractivity contribution in [1.82, 2.24) is 15.5 Å². The molecule has 31 heavy (non-hydrogen) atoms. The van der Waals surface area contributed by atoms with Gasteiger partial charge in [-0.25, -0.2) is 0 Å². The Hall–Kier alpha value is -3.43. The maximum atomic E-state index is 12.9. The lowest BCUT2D eigenvalue weighted by molar-refractivity contribution is -0.141. The van der Waals surface area contributed by atoms with Crippen LogP contribution in [-0.2, 0) is 19.2 Å². The summed E-state index contributed by atoms with van der Waals surface area (Å²) < 4.78 is 0. The van der Waals surface area contributed by atoms with Gasteiger partial charge in [0.15, 0.2) is 0 Å². The predicted octanol–water partition coefficient (Wildman–Crippen LogP) is 0.0203. The summed E-state index contributed by atoms with van der Waals surface area (Å²) in [4.78, 5) is 63.0. The van der Waals surface area contributed by atoms with E-state index in [1.165, 1.54) is 4.90 Å². The van der Waals surface area contributed by atoms with E-state index in [1.54, 1.807) is 25.1 Å². The maximum Gasteiger partial charge on any atom is 0.305 e. The number of benzene rings is 1. The Kier molecular flexibility index (Phi) is 8.12. The lowest BCUT2D eigenvalue weighted by Crippen LogP contribution is -2.54. The summed E-state index contributed by atoms with van der Waals surface area (Å²) in [6, 6.07) is 4.11. The van der Waals surface area contributed by atoms with E-state index in [0.29, 0.717) is 31.2 Å². The first-order valence-electron chi connectivity index (χ1n) is 10.00. The Balaban J connectivity index is 2.02. The second-order valence-electron chi connectivity index (χ2n) is 7.68. The van der Waals surface area contributed by atoms with E-state index < -0.39 is 48.2 Å². The summed E-state index contributed by atoms with van der Waals surface area (Å²) in [5, 5.41) is 13.8. The number of carboxylic acid groups (broad SMARTS) is 1. The molecular weight excluding hydrogens is 404 g/mol. The van der Waals surface area contributed by atoms with Crippen LogP contribution in [0.15, 0.2) is 24.3 Å². The van der Waals surface area contributed by atoms with Gasteiger partial charge in [-0.3, -0.25) is 19.2 Å². The number of anilines is 1. The van der Waals surface area contributed by atoms with Crippen molar-refractivity contribution in [1.29, 1.82) is 0 Å². The summed E-state index contributed by atoms with van der Waals surface area (Å²) >= 11 is 0. The molecule has 0 aromatic heterocycles. The molecule has 0 spiro atoms. The van der Waals surface area contributed by atoms with Crippen molar-refractivity contribution < 1.29 is 29.1 Å². The molecule has 1 heterocycles. The first kappa shape index (κ1) is 23.8. The van der Waals surface area contributed by atoms with Gasteiger partial charge in [0.25, 0.3) is 5.91 Å². The van der Waals surface area contributed by atoms with Gasteiger partial charge < -0.3 is 30.3 Å². The Morgan fingerprint density at radius 2 is 1.97 bits per heavy atom. The molecule has 1 saturated heterocycles. The van der Waals surface area contributed by atoms with Crippen molar-refractivity contribution in [3.8, 4) is 0 Å². The van der Waals surface area contributed by atoms with E-state index in [2.05, 4.69) is 10.6 Å². The number of carbonyl (C=O) groups excluding carboxylic acids is 4. The molecule has 2 rings (SSSR count). The van der Waals surface area contributed by atoms with Crippen LogP contribution in [0.5, 0.6) is 0 Å². The number of rotatable bonds is 9. The van der Waals surface area contributed by atoms with Crippen LogP contribution in [0.1, 0.15) is 36.5 Å². The van der Waals surface area contributed by atoms with E-state index in [4.69, 9.17) is 5.11 Å². The third-order valence-electron chi connectivity index (χ3n) is 5.07. The molecule has 10 nitrogen and oxygen atoms in total. The van der Waals surface area contributed by atoms with Crippen LogP contribution in [0.2, 0.25) is 0 Å². The number of hydrogen-bond acceptors (Lipinski definition) is 6. The van der Waals surface area contributed by atoms with Gasteiger partial charge in [0.2, 0.25) is 11.8 Å². The van der Waals surface area contributed by atoms with Gasteiger partial charge in [-0.05, 0) is 38.0 Å². The van der Waals surface area contributed by atoms with Crippen molar-refractivity contribution in [3.05, 3.63) is 29.8 Å². The van der Waals surface area contributed by atoms with Gasteiger partial charge in [-0.1, -0.05) is 6.07 Å². The third kappa shape index (κ3) is 6.27. The molecule has 168 valence electrons. The maximum absolute atomic E-state index is 12.9. The fraction of sp³-hybridized carbons (Fsp3) is 0.476. The normalized spacial score (nSPS) is 17.4. The van der Waals surface area contributed by atoms with Crippen LogP contribution in [0.4, 0.5) is 5.69 Å². The average molecular weight is 432 g/mol. The number of aldehydes is 1. The average Bonchev–Trinajstić information content (AvgIpc) is 3.22. The first-order chi connectivity index (χ1) is 14.6. The molecule has 1 fully saturated rings. The van der Waals surface area contributed by atoms with Crippen molar-refractivity contribution in [2.75, 3.05) is 25.5 Å². The van der Waals surface area contributed by atoms with Crippen molar-refractivity contribution in [3.63, 3.8) is 0 Å². The SMILES string of the molecule is CC(NC(=O)c1cccc(N(C)C)c1)C(=O)N1CCCC1C(=O)N[C@H](C=O)CC(=O)O. The number of likely N-dealkylation sites (tertiary alicyclic amines) is 1. The topological polar surface area (TPSA) is 136 Å². The second-order valence-corrected chi connectivity index (χ2v) is 7.68. The molecule has 0 saturated carbocycles. The lowest BCUT2D eigenvalue weighted by atomic mass is 10.1. The number of nitrogens with one attached hydrogen (secondary N) is 2. The zero-order chi connectivity index (χ0) is 23.1. The second kappa shape index (κ2) is 10.6. The summed E-state index contributed by atoms with van der Waals surface area (Å²) in [7, 11) is 3.71. The number of carboxylic acids is 1. The largest absolute Gasteiger partial charge is 0.481 e. The Bertz CT molecular complexity index is 856. The van der Waals surface area contributed by atoms with Gasteiger partial charge >= 0.3 is 5.97 Å². The van der Waals surface area contributed by atoms with Gasteiger partial charge in [-0.15, -0.1) is 0 Å². The summed E-state index contributed by atoms with van der Waals surface area (Å²) in [5.74, 6) is -2.63. The highest BCUT2D eigenvalue weighted by molar-refractivity contribution is 5.99. The van der Waals surface area contributed by atoms with Crippen molar-refractivity contribution in [2.45, 2.75) is 44.3 Å². The molecule has 0 bridgehead atoms. The summed E-state index contributed by atoms with van der Waals surface area (Å²) in [5.41, 5.74) is 1.25. The molecule has 10 heteroatoms. The van der Waals surface area contributed by atoms with E-state index in [0.717, 1.165) is 5.69 Å². The number of carbonyl (C=O) groups is 5. The molecule has 3 amide bonds. The van der Waals surface area contributed by atoms with Crippen LogP contribution < -0.4 is 15.5 Å². The molecule has 2 unspecified atom stereocenters. The molecular formula is C21H28N4O6. The highest BCUT2D eigenvalue weighted by atomic mass is 16.4. The molecule has 3 atom stereocenters. The van der Waals surface area contributed by atoms with Crippen LogP contribution in [-0.4, -0.2) is 78.7 Å². The summed E-state index contributed by atoms with van der Waals surface area (Å²) in [6.45, 7) is 1.87. The van der Waals surface area contributed by atoms with Crippen LogP contribution in [0, 0.1) is 0 Å². The minimum absolute atomic E-state index is 0.331. The van der Waals surface area contributed by atoms with Crippen molar-refractivity contribution >= 4 is 35.7 Å². The fourth-order valence-electron chi connectivity index (χ4n) is 3.42. The Labute approximate surface area is 180 Å². The number of nitrogens with zero attached hydrogens (tertiary/aromatic N) is 2. The predicted molar refractivity (Wildman–Crippen MR) is 113 cm³/mol. The van der Waals surface area contributed by atoms with Gasteiger partial charge in [0.05, 0.1) is 12.5 Å². The zero-order valence-corrected chi connectivity index (χ0v) is 17.8. The quantitative estimate of drug-likeness (QED) is 0.468. The minimum Gasteiger partial charge on any atom is -0.481 e. The van der Waals surface area contributed by atoms with E-state index in [1.807, 2.05) is 25.1 Å².